The van der Waals surface area contributed by atoms with Crippen LogP contribution in [0.1, 0.15) is 31.4 Å². The van der Waals surface area contributed by atoms with Crippen LogP contribution in [0.25, 0.3) is 0 Å². The Bertz CT molecular complexity index is 1030. The maximum Gasteiger partial charge on any atom is 0.175 e. The minimum Gasteiger partial charge on any atom is -0.486 e. The van der Waals surface area contributed by atoms with Gasteiger partial charge in [-0.15, -0.1) is 0 Å². The molecule has 3 N–H and O–H groups in total. The molecule has 4 aliphatic rings. The monoisotopic (exact) mass is 470 g/mol. The van der Waals surface area contributed by atoms with Gasteiger partial charge in [-0.3, -0.25) is 0 Å². The minimum atomic E-state index is -0.151. The fraction of sp³-hybridized carbons (Fsp3) is 0.609. The van der Waals surface area contributed by atoms with Gasteiger partial charge in [-0.1, -0.05) is 11.8 Å². The zero-order valence-corrected chi connectivity index (χ0v) is 19.5. The summed E-state index contributed by atoms with van der Waals surface area (Å²) in [5.41, 5.74) is 7.00. The molecule has 0 unspecified atom stereocenters. The number of ether oxygens (including phenoxy) is 2. The number of hydrogen-bond acceptors (Lipinski definition) is 10. The summed E-state index contributed by atoms with van der Waals surface area (Å²) < 4.78 is 11.8. The van der Waals surface area contributed by atoms with Gasteiger partial charge >= 0.3 is 0 Å². The molecular weight excluding hydrogens is 440 g/mol. The molecule has 6 heterocycles. The topological polar surface area (TPSA) is 110 Å². The number of hydrogen-bond donors (Lipinski definition) is 2. The van der Waals surface area contributed by atoms with E-state index in [-0.39, 0.29) is 18.1 Å². The number of rotatable bonds is 4. The van der Waals surface area contributed by atoms with Crippen LogP contribution in [0.15, 0.2) is 28.4 Å². The standard InChI is InChI=1S/C23H30N6O3S/c24-18-13-31-14-23(18)4-8-28(9-5-23)21-16(11-30)27-19(10-26-21)33-17-3-6-25-22-20(17)32-12-15-2-1-7-29(15)22/h3,6,10,15,18,30H,1-2,4-5,7-9,11-14,24H2/t15-,18+/m0/s1. The van der Waals surface area contributed by atoms with Crippen LogP contribution < -0.4 is 20.3 Å². The quantitative estimate of drug-likeness (QED) is 0.687. The Balaban J connectivity index is 1.21. The van der Waals surface area contributed by atoms with E-state index in [1.807, 2.05) is 12.3 Å². The number of piperidine rings is 1. The summed E-state index contributed by atoms with van der Waals surface area (Å²) in [7, 11) is 0. The van der Waals surface area contributed by atoms with Crippen molar-refractivity contribution in [2.45, 2.75) is 54.3 Å². The van der Waals surface area contributed by atoms with Gasteiger partial charge in [0.05, 0.1) is 37.0 Å². The van der Waals surface area contributed by atoms with Crippen LogP contribution in [-0.4, -0.2) is 71.6 Å². The lowest BCUT2D eigenvalue weighted by Crippen LogP contribution is -2.49. The zero-order chi connectivity index (χ0) is 22.4. The first-order valence-electron chi connectivity index (χ1n) is 11.8. The van der Waals surface area contributed by atoms with Crippen molar-refractivity contribution in [3.05, 3.63) is 24.2 Å². The molecule has 1 spiro atoms. The van der Waals surface area contributed by atoms with Gasteiger partial charge in [-0.25, -0.2) is 15.0 Å². The first kappa shape index (κ1) is 21.4. The summed E-state index contributed by atoms with van der Waals surface area (Å²) in [4.78, 5) is 19.6. The lowest BCUT2D eigenvalue weighted by Gasteiger charge is -2.41. The van der Waals surface area contributed by atoms with E-state index in [0.29, 0.717) is 24.9 Å². The number of aromatic nitrogens is 3. The minimum absolute atomic E-state index is 0.0773. The number of nitrogens with zero attached hydrogens (tertiary/aromatic N) is 5. The Morgan fingerprint density at radius 3 is 2.85 bits per heavy atom. The van der Waals surface area contributed by atoms with Gasteiger partial charge in [-0.05, 0) is 31.7 Å². The highest BCUT2D eigenvalue weighted by Crippen LogP contribution is 2.44. The first-order chi connectivity index (χ1) is 16.2. The van der Waals surface area contributed by atoms with Crippen LogP contribution >= 0.6 is 11.8 Å². The van der Waals surface area contributed by atoms with Gasteiger partial charge in [-0.2, -0.15) is 0 Å². The van der Waals surface area contributed by atoms with Gasteiger partial charge in [0.2, 0.25) is 0 Å². The molecule has 0 saturated carbocycles. The number of aliphatic hydroxyl groups excluding tert-OH is 1. The predicted molar refractivity (Wildman–Crippen MR) is 125 cm³/mol. The Hall–Kier alpha value is -2.14. The number of fused-ring (bicyclic) bond motifs is 3. The second-order valence-electron chi connectivity index (χ2n) is 9.47. The highest BCUT2D eigenvalue weighted by molar-refractivity contribution is 7.99. The molecule has 2 aromatic rings. The molecule has 0 radical (unpaired) electrons. The third-order valence-corrected chi connectivity index (χ3v) is 8.56. The zero-order valence-electron chi connectivity index (χ0n) is 18.7. The Kier molecular flexibility index (Phi) is 5.56. The van der Waals surface area contributed by atoms with E-state index in [1.54, 1.807) is 6.20 Å². The van der Waals surface area contributed by atoms with Crippen LogP contribution in [-0.2, 0) is 11.3 Å². The summed E-state index contributed by atoms with van der Waals surface area (Å²) in [5, 5.41) is 10.8. The third-order valence-electron chi connectivity index (χ3n) is 7.62. The fourth-order valence-electron chi connectivity index (χ4n) is 5.59. The van der Waals surface area contributed by atoms with Crippen LogP contribution in [0, 0.1) is 5.41 Å². The van der Waals surface area contributed by atoms with Crippen molar-refractivity contribution < 1.29 is 14.6 Å². The lowest BCUT2D eigenvalue weighted by molar-refractivity contribution is 0.131. The molecule has 33 heavy (non-hydrogen) atoms. The van der Waals surface area contributed by atoms with E-state index in [2.05, 4.69) is 14.8 Å². The number of pyridine rings is 1. The number of anilines is 2. The molecule has 10 heteroatoms. The van der Waals surface area contributed by atoms with Crippen molar-refractivity contribution in [1.82, 2.24) is 15.0 Å². The molecule has 0 bridgehead atoms. The maximum atomic E-state index is 10.1. The summed E-state index contributed by atoms with van der Waals surface area (Å²) in [6, 6.07) is 2.50. The normalized spacial score (nSPS) is 25.8. The number of nitrogens with two attached hydrogens (primary N) is 1. The molecule has 0 aliphatic carbocycles. The lowest BCUT2D eigenvalue weighted by atomic mass is 9.75. The Labute approximate surface area is 197 Å². The SMILES string of the molecule is N[C@@H]1COCC12CCN(c1ncc(Sc3ccnc4c3OC[C@@H]3CCCN43)nc1CO)CC2. The van der Waals surface area contributed by atoms with E-state index in [9.17, 15) is 5.11 Å². The van der Waals surface area contributed by atoms with Crippen molar-refractivity contribution in [3.63, 3.8) is 0 Å². The second kappa shape index (κ2) is 8.57. The summed E-state index contributed by atoms with van der Waals surface area (Å²) in [6.07, 6.45) is 7.89. The van der Waals surface area contributed by atoms with E-state index in [0.717, 1.165) is 72.8 Å². The molecule has 176 valence electrons. The van der Waals surface area contributed by atoms with Crippen LogP contribution in [0.4, 0.5) is 11.6 Å². The van der Waals surface area contributed by atoms with E-state index in [4.69, 9.17) is 25.2 Å². The van der Waals surface area contributed by atoms with E-state index >= 15 is 0 Å². The maximum absolute atomic E-state index is 10.1. The molecule has 4 aliphatic heterocycles. The van der Waals surface area contributed by atoms with Crippen LogP contribution in [0.5, 0.6) is 5.75 Å². The van der Waals surface area contributed by atoms with Crippen molar-refractivity contribution >= 4 is 23.4 Å². The molecule has 2 atom stereocenters. The molecule has 9 nitrogen and oxygen atoms in total. The van der Waals surface area contributed by atoms with E-state index < -0.39 is 0 Å². The van der Waals surface area contributed by atoms with Gasteiger partial charge in [0.15, 0.2) is 17.4 Å². The molecular formula is C23H30N6O3S. The average Bonchev–Trinajstić information content (AvgIpc) is 3.47. The van der Waals surface area contributed by atoms with Gasteiger partial charge in [0.1, 0.15) is 17.3 Å². The Morgan fingerprint density at radius 2 is 2.06 bits per heavy atom. The van der Waals surface area contributed by atoms with Gasteiger partial charge < -0.3 is 30.1 Å². The molecule has 0 amide bonds. The largest absolute Gasteiger partial charge is 0.486 e. The van der Waals surface area contributed by atoms with Gasteiger partial charge in [0.25, 0.3) is 0 Å². The fourth-order valence-corrected chi connectivity index (χ4v) is 6.45. The molecule has 3 fully saturated rings. The molecule has 2 aromatic heterocycles. The highest BCUT2D eigenvalue weighted by atomic mass is 32.2. The van der Waals surface area contributed by atoms with Crippen molar-refractivity contribution in [3.8, 4) is 5.75 Å². The summed E-state index contributed by atoms with van der Waals surface area (Å²) in [5.74, 6) is 2.52. The first-order valence-corrected chi connectivity index (χ1v) is 12.6. The predicted octanol–water partition coefficient (Wildman–Crippen LogP) is 1.82. The third kappa shape index (κ3) is 3.73. The van der Waals surface area contributed by atoms with Crippen molar-refractivity contribution in [2.24, 2.45) is 11.1 Å². The number of aliphatic hydroxyl groups is 1. The second-order valence-corrected chi connectivity index (χ2v) is 10.5. The van der Waals surface area contributed by atoms with Gasteiger partial charge in [0, 0.05) is 37.3 Å². The molecule has 3 saturated heterocycles. The summed E-state index contributed by atoms with van der Waals surface area (Å²) >= 11 is 1.51. The average molecular weight is 471 g/mol. The van der Waals surface area contributed by atoms with Crippen LogP contribution in [0.3, 0.4) is 0 Å². The summed E-state index contributed by atoms with van der Waals surface area (Å²) in [6.45, 7) is 4.65. The molecule has 6 rings (SSSR count). The van der Waals surface area contributed by atoms with Crippen LogP contribution in [0.2, 0.25) is 0 Å². The highest BCUT2D eigenvalue weighted by Gasteiger charge is 2.44. The molecule has 0 aromatic carbocycles. The smallest absolute Gasteiger partial charge is 0.175 e. The van der Waals surface area contributed by atoms with E-state index in [1.165, 1.54) is 18.2 Å². The van der Waals surface area contributed by atoms with Crippen molar-refractivity contribution in [1.29, 1.82) is 0 Å². The Morgan fingerprint density at radius 1 is 1.18 bits per heavy atom. The van der Waals surface area contributed by atoms with Crippen molar-refractivity contribution in [2.75, 3.05) is 49.3 Å².